The highest BCUT2D eigenvalue weighted by atomic mass is 32.1. The zero-order valence-electron chi connectivity index (χ0n) is 13.5. The van der Waals surface area contributed by atoms with Gasteiger partial charge in [-0.05, 0) is 42.6 Å². The Kier molecular flexibility index (Phi) is 4.05. The molecule has 9 heteroatoms. The average molecular weight is 369 g/mol. The van der Waals surface area contributed by atoms with E-state index in [0.717, 1.165) is 4.88 Å². The lowest BCUT2D eigenvalue weighted by molar-refractivity contribution is 0.101. The molecule has 26 heavy (non-hydrogen) atoms. The van der Waals surface area contributed by atoms with E-state index in [9.17, 15) is 9.18 Å². The van der Waals surface area contributed by atoms with E-state index in [1.165, 1.54) is 28.2 Å². The molecule has 1 amide bonds. The lowest BCUT2D eigenvalue weighted by atomic mass is 10.3. The number of amides is 1. The van der Waals surface area contributed by atoms with Crippen molar-refractivity contribution in [1.82, 2.24) is 19.9 Å². The maximum atomic E-state index is 13.2. The van der Waals surface area contributed by atoms with E-state index in [4.69, 9.17) is 4.52 Å². The van der Waals surface area contributed by atoms with E-state index in [2.05, 4.69) is 20.6 Å². The van der Waals surface area contributed by atoms with E-state index in [-0.39, 0.29) is 17.5 Å². The fourth-order valence-corrected chi connectivity index (χ4v) is 3.03. The number of carbonyl (C=O) groups excluding carboxylic acids is 1. The molecular weight excluding hydrogens is 357 g/mol. The minimum Gasteiger partial charge on any atom is -0.360 e. The van der Waals surface area contributed by atoms with Crippen LogP contribution >= 0.6 is 11.3 Å². The second kappa shape index (κ2) is 6.52. The molecule has 0 fully saturated rings. The molecule has 7 nitrogen and oxygen atoms in total. The molecule has 1 aromatic carbocycles. The maximum Gasteiger partial charge on any atom is 0.296 e. The molecule has 0 bridgehead atoms. The number of carbonyl (C=O) groups is 1. The van der Waals surface area contributed by atoms with Crippen LogP contribution in [0.25, 0.3) is 16.4 Å². The number of anilines is 1. The van der Waals surface area contributed by atoms with E-state index in [1.807, 2.05) is 17.5 Å². The van der Waals surface area contributed by atoms with Crippen molar-refractivity contribution in [3.8, 4) is 16.4 Å². The highest BCUT2D eigenvalue weighted by Crippen LogP contribution is 2.26. The van der Waals surface area contributed by atoms with Crippen LogP contribution in [-0.4, -0.2) is 25.8 Å². The van der Waals surface area contributed by atoms with Crippen LogP contribution in [0.5, 0.6) is 0 Å². The predicted octanol–water partition coefficient (Wildman–Crippen LogP) is 3.68. The van der Waals surface area contributed by atoms with Crippen molar-refractivity contribution in [3.63, 3.8) is 0 Å². The van der Waals surface area contributed by atoms with Gasteiger partial charge in [-0.2, -0.15) is 0 Å². The summed E-state index contributed by atoms with van der Waals surface area (Å²) in [5.74, 6) is 0.446. The standard InChI is InChI=1S/C17H12FN5O2S/c1-10-9-14(22-25-10)19-17(24)15-20-16(13-3-2-8-26-13)23(21-15)12-6-4-11(18)5-7-12/h2-9H,1H3,(H,19,22,24). The third-order valence-corrected chi connectivity index (χ3v) is 4.36. The van der Waals surface area contributed by atoms with Crippen molar-refractivity contribution >= 4 is 23.1 Å². The highest BCUT2D eigenvalue weighted by molar-refractivity contribution is 7.13. The SMILES string of the molecule is Cc1cc(NC(=O)c2nc(-c3cccs3)n(-c3ccc(F)cc3)n2)no1. The molecular formula is C17H12FN5O2S. The Hall–Kier alpha value is -3.33. The zero-order chi connectivity index (χ0) is 18.1. The van der Waals surface area contributed by atoms with Gasteiger partial charge < -0.3 is 9.84 Å². The summed E-state index contributed by atoms with van der Waals surface area (Å²) in [5.41, 5.74) is 0.596. The molecule has 0 spiro atoms. The van der Waals surface area contributed by atoms with Crippen LogP contribution in [0.4, 0.5) is 10.2 Å². The molecule has 130 valence electrons. The van der Waals surface area contributed by atoms with E-state index in [0.29, 0.717) is 17.3 Å². The molecule has 0 radical (unpaired) electrons. The topological polar surface area (TPSA) is 85.8 Å². The van der Waals surface area contributed by atoms with Crippen molar-refractivity contribution in [2.24, 2.45) is 0 Å². The van der Waals surface area contributed by atoms with Gasteiger partial charge in [-0.1, -0.05) is 11.2 Å². The van der Waals surface area contributed by atoms with Crippen LogP contribution in [0.2, 0.25) is 0 Å². The molecule has 0 saturated heterocycles. The quantitative estimate of drug-likeness (QED) is 0.593. The molecule has 0 aliphatic heterocycles. The van der Waals surface area contributed by atoms with E-state index >= 15 is 0 Å². The van der Waals surface area contributed by atoms with E-state index in [1.54, 1.807) is 25.1 Å². The van der Waals surface area contributed by atoms with Crippen LogP contribution in [0, 0.1) is 12.7 Å². The molecule has 0 atom stereocenters. The van der Waals surface area contributed by atoms with Crippen LogP contribution in [0.15, 0.2) is 52.4 Å². The molecule has 0 aliphatic carbocycles. The van der Waals surface area contributed by atoms with Gasteiger partial charge in [0.1, 0.15) is 11.6 Å². The molecule has 4 rings (SSSR count). The number of nitrogens with one attached hydrogen (secondary N) is 1. The Labute approximate surface area is 151 Å². The van der Waals surface area contributed by atoms with Gasteiger partial charge in [-0.3, -0.25) is 4.79 Å². The Morgan fingerprint density at radius 1 is 1.27 bits per heavy atom. The van der Waals surface area contributed by atoms with Crippen LogP contribution in [0.1, 0.15) is 16.4 Å². The molecule has 3 aromatic heterocycles. The van der Waals surface area contributed by atoms with Gasteiger partial charge in [0.2, 0.25) is 5.82 Å². The average Bonchev–Trinajstić information content (AvgIpc) is 3.35. The number of nitrogens with zero attached hydrogens (tertiary/aromatic N) is 4. The number of aryl methyl sites for hydroxylation is 1. The second-order valence-corrected chi connectivity index (χ2v) is 6.35. The number of aromatic nitrogens is 4. The minimum atomic E-state index is -0.517. The summed E-state index contributed by atoms with van der Waals surface area (Å²) in [7, 11) is 0. The van der Waals surface area contributed by atoms with Crippen molar-refractivity contribution in [3.05, 3.63) is 65.2 Å². The maximum absolute atomic E-state index is 13.2. The van der Waals surface area contributed by atoms with Gasteiger partial charge in [-0.15, -0.1) is 16.4 Å². The molecule has 1 N–H and O–H groups in total. The Bertz CT molecular complexity index is 1050. The van der Waals surface area contributed by atoms with Crippen molar-refractivity contribution < 1.29 is 13.7 Å². The Balaban J connectivity index is 1.73. The van der Waals surface area contributed by atoms with E-state index < -0.39 is 5.91 Å². The summed E-state index contributed by atoms with van der Waals surface area (Å²) in [6.07, 6.45) is 0. The number of benzene rings is 1. The fraction of sp³-hybridized carbons (Fsp3) is 0.0588. The zero-order valence-corrected chi connectivity index (χ0v) is 14.3. The van der Waals surface area contributed by atoms with Crippen molar-refractivity contribution in [2.45, 2.75) is 6.92 Å². The molecule has 3 heterocycles. The first-order valence-corrected chi connectivity index (χ1v) is 8.49. The van der Waals surface area contributed by atoms with Crippen LogP contribution < -0.4 is 5.32 Å². The first-order valence-electron chi connectivity index (χ1n) is 7.62. The first kappa shape index (κ1) is 16.2. The predicted molar refractivity (Wildman–Crippen MR) is 93.8 cm³/mol. The van der Waals surface area contributed by atoms with Gasteiger partial charge >= 0.3 is 0 Å². The monoisotopic (exact) mass is 369 g/mol. The molecule has 4 aromatic rings. The minimum absolute atomic E-state index is 0.0293. The van der Waals surface area contributed by atoms with Gasteiger partial charge in [-0.25, -0.2) is 14.1 Å². The molecule has 0 unspecified atom stereocenters. The van der Waals surface area contributed by atoms with Gasteiger partial charge in [0.05, 0.1) is 10.6 Å². The lowest BCUT2D eigenvalue weighted by Gasteiger charge is -2.03. The Morgan fingerprint density at radius 3 is 2.73 bits per heavy atom. The third kappa shape index (κ3) is 3.11. The first-order chi connectivity index (χ1) is 12.6. The number of thiophene rings is 1. The summed E-state index contributed by atoms with van der Waals surface area (Å²) in [5, 5.41) is 12.5. The lowest BCUT2D eigenvalue weighted by Crippen LogP contribution is -2.14. The highest BCUT2D eigenvalue weighted by Gasteiger charge is 2.20. The van der Waals surface area contributed by atoms with Gasteiger partial charge in [0.25, 0.3) is 5.91 Å². The van der Waals surface area contributed by atoms with Crippen molar-refractivity contribution in [2.75, 3.05) is 5.32 Å². The summed E-state index contributed by atoms with van der Waals surface area (Å²) < 4.78 is 19.7. The largest absolute Gasteiger partial charge is 0.360 e. The number of halogens is 1. The smallest absolute Gasteiger partial charge is 0.296 e. The van der Waals surface area contributed by atoms with Gasteiger partial charge in [0, 0.05) is 6.07 Å². The van der Waals surface area contributed by atoms with Crippen LogP contribution in [0.3, 0.4) is 0 Å². The molecule has 0 aliphatic rings. The fourth-order valence-electron chi connectivity index (χ4n) is 2.33. The van der Waals surface area contributed by atoms with Crippen molar-refractivity contribution in [1.29, 1.82) is 0 Å². The number of hydrogen-bond acceptors (Lipinski definition) is 6. The van der Waals surface area contributed by atoms with Gasteiger partial charge in [0.15, 0.2) is 11.6 Å². The second-order valence-electron chi connectivity index (χ2n) is 5.40. The summed E-state index contributed by atoms with van der Waals surface area (Å²) in [6, 6.07) is 11.1. The summed E-state index contributed by atoms with van der Waals surface area (Å²) in [6.45, 7) is 1.72. The summed E-state index contributed by atoms with van der Waals surface area (Å²) >= 11 is 1.46. The Morgan fingerprint density at radius 2 is 2.08 bits per heavy atom. The summed E-state index contributed by atoms with van der Waals surface area (Å²) in [4.78, 5) is 17.6. The van der Waals surface area contributed by atoms with Crippen LogP contribution in [-0.2, 0) is 0 Å². The molecule has 0 saturated carbocycles. The third-order valence-electron chi connectivity index (χ3n) is 3.49. The number of hydrogen-bond donors (Lipinski definition) is 1. The number of rotatable bonds is 4. The normalized spacial score (nSPS) is 10.8.